The van der Waals surface area contributed by atoms with E-state index in [0.717, 1.165) is 11.3 Å². The molecule has 1 aromatic heterocycles. The summed E-state index contributed by atoms with van der Waals surface area (Å²) in [5.74, 6) is 0.558. The summed E-state index contributed by atoms with van der Waals surface area (Å²) in [5.41, 5.74) is 7.95. The lowest BCUT2D eigenvalue weighted by Crippen LogP contribution is -2.52. The normalized spacial score (nSPS) is 12.2. The lowest BCUT2D eigenvalue weighted by Gasteiger charge is -2.28. The van der Waals surface area contributed by atoms with Gasteiger partial charge in [0, 0.05) is 29.5 Å². The molecule has 1 amide bonds. The summed E-state index contributed by atoms with van der Waals surface area (Å²) in [6.45, 7) is 4.40. The molecule has 0 saturated heterocycles. The fourth-order valence-corrected chi connectivity index (χ4v) is 2.50. The Balaban J connectivity index is 0.00000312. The van der Waals surface area contributed by atoms with Crippen molar-refractivity contribution in [2.24, 2.45) is 5.73 Å². The van der Waals surface area contributed by atoms with Crippen LogP contribution in [0.1, 0.15) is 19.7 Å². The number of thioether (sulfide) groups is 1. The monoisotopic (exact) mass is 380 g/mol. The summed E-state index contributed by atoms with van der Waals surface area (Å²) >= 11 is 1.58. The minimum atomic E-state index is -0.552. The smallest absolute Gasteiger partial charge is 0.238 e. The number of hydrogen-bond donors (Lipinski definition) is 2. The number of nitrogens with zero attached hydrogens (tertiary/aromatic N) is 2. The highest BCUT2D eigenvalue weighted by Gasteiger charge is 2.30. The maximum atomic E-state index is 12.1. The van der Waals surface area contributed by atoms with Crippen molar-refractivity contribution in [2.45, 2.75) is 31.1 Å². The number of nitrogens with one attached hydrogen (secondary N) is 1. The molecule has 0 radical (unpaired) electrons. The molecule has 25 heavy (non-hydrogen) atoms. The summed E-state index contributed by atoms with van der Waals surface area (Å²) < 4.78 is -0.298. The number of amides is 1. The highest BCUT2D eigenvalue weighted by Crippen LogP contribution is 2.24. The number of halogens is 1. The van der Waals surface area contributed by atoms with Gasteiger partial charge in [-0.2, -0.15) is 11.8 Å². The molecule has 0 aliphatic heterocycles. The average Bonchev–Trinajstić information content (AvgIpc) is 2.62. The number of nitrogens with two attached hydrogens (primary N) is 1. The molecule has 0 aliphatic rings. The lowest BCUT2D eigenvalue weighted by atomic mass is 10.0. The van der Waals surface area contributed by atoms with Crippen LogP contribution in [0.4, 0.5) is 0 Å². The molecule has 2 aromatic rings. The van der Waals surface area contributed by atoms with Crippen LogP contribution < -0.4 is 11.1 Å². The summed E-state index contributed by atoms with van der Waals surface area (Å²) in [6.07, 6.45) is 4.27. The van der Waals surface area contributed by atoms with Gasteiger partial charge in [-0.25, -0.2) is 9.97 Å². The first-order valence-electron chi connectivity index (χ1n) is 7.90. The highest BCUT2D eigenvalue weighted by atomic mass is 35.5. The van der Waals surface area contributed by atoms with E-state index in [4.69, 9.17) is 5.73 Å². The van der Waals surface area contributed by atoms with Gasteiger partial charge in [-0.05, 0) is 26.2 Å². The number of carbonyl (C=O) groups is 1. The fraction of sp³-hybridized carbons (Fsp3) is 0.389. The van der Waals surface area contributed by atoms with Crippen molar-refractivity contribution in [2.75, 3.05) is 12.8 Å². The molecule has 2 rings (SSSR count). The first kappa shape index (κ1) is 21.4. The van der Waals surface area contributed by atoms with Crippen molar-refractivity contribution in [3.63, 3.8) is 0 Å². The second-order valence-corrected chi connectivity index (χ2v) is 7.51. The van der Waals surface area contributed by atoms with Gasteiger partial charge in [0.25, 0.3) is 0 Å². The van der Waals surface area contributed by atoms with E-state index in [-0.39, 0.29) is 23.1 Å². The molecular weight excluding hydrogens is 356 g/mol. The van der Waals surface area contributed by atoms with Crippen molar-refractivity contribution in [3.05, 3.63) is 48.4 Å². The third-order valence-corrected chi connectivity index (χ3v) is 5.29. The average molecular weight is 381 g/mol. The molecule has 0 unspecified atom stereocenters. The van der Waals surface area contributed by atoms with Gasteiger partial charge in [0.1, 0.15) is 5.82 Å². The summed E-state index contributed by atoms with van der Waals surface area (Å²) in [4.78, 5) is 21.0. The van der Waals surface area contributed by atoms with E-state index in [1.165, 1.54) is 0 Å². The zero-order valence-corrected chi connectivity index (χ0v) is 16.4. The first-order chi connectivity index (χ1) is 11.4. The van der Waals surface area contributed by atoms with Gasteiger partial charge < -0.3 is 11.1 Å². The van der Waals surface area contributed by atoms with Crippen molar-refractivity contribution in [1.29, 1.82) is 0 Å². The number of benzene rings is 1. The Morgan fingerprint density at radius 2 is 1.96 bits per heavy atom. The first-order valence-corrected chi connectivity index (χ1v) is 9.12. The zero-order chi connectivity index (χ0) is 17.6. The Morgan fingerprint density at radius 1 is 1.28 bits per heavy atom. The molecule has 0 saturated carbocycles. The molecule has 0 spiro atoms. The quantitative estimate of drug-likeness (QED) is 0.771. The molecule has 0 aliphatic carbocycles. The van der Waals surface area contributed by atoms with Crippen LogP contribution in [0, 0.1) is 0 Å². The van der Waals surface area contributed by atoms with Crippen LogP contribution >= 0.6 is 24.2 Å². The standard InChI is InChI=1S/C18H24N4OS.ClH/c1-18(2,24-3)16(19)17(23)21-12-10-15-20-11-9-14(22-15)13-7-5-4-6-8-13;/h4-9,11,16H,10,12,19H2,1-3H3,(H,21,23);1H/t16-;/m1./s1. The van der Waals surface area contributed by atoms with Gasteiger partial charge in [-0.15, -0.1) is 12.4 Å². The Labute approximate surface area is 159 Å². The highest BCUT2D eigenvalue weighted by molar-refractivity contribution is 8.00. The second-order valence-electron chi connectivity index (χ2n) is 6.05. The van der Waals surface area contributed by atoms with E-state index in [1.807, 2.05) is 56.5 Å². The molecule has 3 N–H and O–H groups in total. The van der Waals surface area contributed by atoms with Crippen molar-refractivity contribution in [1.82, 2.24) is 15.3 Å². The van der Waals surface area contributed by atoms with Crippen LogP contribution in [-0.4, -0.2) is 39.5 Å². The maximum absolute atomic E-state index is 12.1. The predicted molar refractivity (Wildman–Crippen MR) is 107 cm³/mol. The van der Waals surface area contributed by atoms with Gasteiger partial charge in [-0.3, -0.25) is 4.79 Å². The third kappa shape index (κ3) is 5.99. The molecule has 136 valence electrons. The van der Waals surface area contributed by atoms with Gasteiger partial charge >= 0.3 is 0 Å². The summed E-state index contributed by atoms with van der Waals surface area (Å²) in [6, 6.07) is 11.3. The van der Waals surface area contributed by atoms with Crippen LogP contribution in [-0.2, 0) is 11.2 Å². The molecule has 7 heteroatoms. The minimum absolute atomic E-state index is 0. The topological polar surface area (TPSA) is 80.9 Å². The van der Waals surface area contributed by atoms with E-state index in [1.54, 1.807) is 18.0 Å². The molecule has 1 heterocycles. The zero-order valence-electron chi connectivity index (χ0n) is 14.7. The largest absolute Gasteiger partial charge is 0.354 e. The van der Waals surface area contributed by atoms with Crippen LogP contribution in [0.15, 0.2) is 42.6 Å². The Bertz CT molecular complexity index is 682. The van der Waals surface area contributed by atoms with Crippen LogP contribution in [0.5, 0.6) is 0 Å². The van der Waals surface area contributed by atoms with E-state index >= 15 is 0 Å². The Kier molecular flexibility index (Phi) is 8.35. The Morgan fingerprint density at radius 3 is 2.60 bits per heavy atom. The van der Waals surface area contributed by atoms with E-state index < -0.39 is 6.04 Å². The molecular formula is C18H25ClN4OS. The van der Waals surface area contributed by atoms with Crippen molar-refractivity contribution >= 4 is 30.1 Å². The van der Waals surface area contributed by atoms with Gasteiger partial charge in [0.2, 0.25) is 5.91 Å². The van der Waals surface area contributed by atoms with Crippen molar-refractivity contribution in [3.8, 4) is 11.3 Å². The van der Waals surface area contributed by atoms with Crippen LogP contribution in [0.3, 0.4) is 0 Å². The van der Waals surface area contributed by atoms with Gasteiger partial charge in [0.05, 0.1) is 11.7 Å². The number of hydrogen-bond acceptors (Lipinski definition) is 5. The van der Waals surface area contributed by atoms with E-state index in [2.05, 4.69) is 15.3 Å². The molecule has 0 fully saturated rings. The molecule has 5 nitrogen and oxygen atoms in total. The molecule has 1 aromatic carbocycles. The summed E-state index contributed by atoms with van der Waals surface area (Å²) in [7, 11) is 0. The number of carbonyl (C=O) groups excluding carboxylic acids is 1. The van der Waals surface area contributed by atoms with Crippen LogP contribution in [0.2, 0.25) is 0 Å². The molecule has 0 bridgehead atoms. The SMILES string of the molecule is CSC(C)(C)[C@H](N)C(=O)NCCc1nccc(-c2ccccc2)n1.Cl. The van der Waals surface area contributed by atoms with Gasteiger partial charge in [0.15, 0.2) is 0 Å². The van der Waals surface area contributed by atoms with Gasteiger partial charge in [-0.1, -0.05) is 30.3 Å². The third-order valence-electron chi connectivity index (χ3n) is 3.98. The lowest BCUT2D eigenvalue weighted by molar-refractivity contribution is -0.122. The Hall–Kier alpha value is -1.63. The predicted octanol–water partition coefficient (Wildman–Crippen LogP) is 2.69. The van der Waals surface area contributed by atoms with E-state index in [0.29, 0.717) is 18.8 Å². The maximum Gasteiger partial charge on any atom is 0.238 e. The second kappa shape index (κ2) is 9.75. The fourth-order valence-electron chi connectivity index (χ4n) is 2.14. The van der Waals surface area contributed by atoms with E-state index in [9.17, 15) is 4.79 Å². The minimum Gasteiger partial charge on any atom is -0.354 e. The summed E-state index contributed by atoms with van der Waals surface area (Å²) in [5, 5.41) is 2.87. The number of rotatable bonds is 7. The number of aromatic nitrogens is 2. The van der Waals surface area contributed by atoms with Crippen LogP contribution in [0.25, 0.3) is 11.3 Å². The van der Waals surface area contributed by atoms with Crippen molar-refractivity contribution < 1.29 is 4.79 Å². The molecule has 1 atom stereocenters.